The lowest BCUT2D eigenvalue weighted by atomic mass is 10.1. The van der Waals surface area contributed by atoms with Crippen molar-refractivity contribution in [2.75, 3.05) is 0 Å². The molecular formula is C28H23NOS. The van der Waals surface area contributed by atoms with Crippen molar-refractivity contribution in [3.63, 3.8) is 0 Å². The van der Waals surface area contributed by atoms with Crippen LogP contribution in [0, 0.1) is 0 Å². The molecule has 4 aromatic carbocycles. The summed E-state index contributed by atoms with van der Waals surface area (Å²) in [7, 11) is 0. The van der Waals surface area contributed by atoms with Crippen LogP contribution in [-0.2, 0) is 12.8 Å². The van der Waals surface area contributed by atoms with Crippen LogP contribution in [0.15, 0.2) is 112 Å². The molecule has 0 atom stereocenters. The van der Waals surface area contributed by atoms with Gasteiger partial charge >= 0.3 is 0 Å². The van der Waals surface area contributed by atoms with Gasteiger partial charge in [0.2, 0.25) is 5.90 Å². The van der Waals surface area contributed by atoms with Crippen molar-refractivity contribution in [2.45, 2.75) is 24.2 Å². The fourth-order valence-corrected chi connectivity index (χ4v) is 4.55. The molecule has 2 nitrogen and oxygen atoms in total. The Morgan fingerprint density at radius 2 is 1.58 bits per heavy atom. The van der Waals surface area contributed by atoms with Crippen molar-refractivity contribution in [1.29, 1.82) is 0 Å². The van der Waals surface area contributed by atoms with Gasteiger partial charge in [0.05, 0.1) is 5.69 Å². The standard InChI is InChI=1S/C28H23NOS/c1-2-11-26(12-3-1)30-28(29-25-15-13-22-9-6-10-23(22)19-25)17-18-31-27-16-14-21-7-4-5-8-24(21)20-27/h1-5,7-8,11-20H,6,9-10H2/b18-17+,29-28?. The number of hydrogen-bond donors (Lipinski definition) is 0. The lowest BCUT2D eigenvalue weighted by Gasteiger charge is -2.07. The topological polar surface area (TPSA) is 21.6 Å². The van der Waals surface area contributed by atoms with Crippen LogP contribution in [-0.4, -0.2) is 5.90 Å². The minimum absolute atomic E-state index is 0.581. The summed E-state index contributed by atoms with van der Waals surface area (Å²) in [6.45, 7) is 0. The molecule has 0 aromatic heterocycles. The van der Waals surface area contributed by atoms with E-state index >= 15 is 0 Å². The Bertz CT molecular complexity index is 1260. The van der Waals surface area contributed by atoms with Gasteiger partial charge in [0.15, 0.2) is 0 Å². The molecule has 0 saturated carbocycles. The van der Waals surface area contributed by atoms with Gasteiger partial charge in [-0.25, -0.2) is 4.99 Å². The van der Waals surface area contributed by atoms with Crippen molar-refractivity contribution >= 4 is 34.1 Å². The van der Waals surface area contributed by atoms with Gasteiger partial charge in [0.25, 0.3) is 0 Å². The maximum atomic E-state index is 6.10. The summed E-state index contributed by atoms with van der Waals surface area (Å²) >= 11 is 1.66. The van der Waals surface area contributed by atoms with Gasteiger partial charge in [-0.2, -0.15) is 0 Å². The summed E-state index contributed by atoms with van der Waals surface area (Å²) in [6.07, 6.45) is 5.49. The maximum Gasteiger partial charge on any atom is 0.220 e. The Hall–Kier alpha value is -3.30. The predicted octanol–water partition coefficient (Wildman–Crippen LogP) is 7.74. The molecule has 0 aliphatic heterocycles. The summed E-state index contributed by atoms with van der Waals surface area (Å²) in [5.74, 6) is 1.36. The van der Waals surface area contributed by atoms with Gasteiger partial charge in [-0.1, -0.05) is 66.4 Å². The number of benzene rings is 4. The van der Waals surface area contributed by atoms with E-state index in [-0.39, 0.29) is 0 Å². The van der Waals surface area contributed by atoms with E-state index in [4.69, 9.17) is 9.73 Å². The van der Waals surface area contributed by atoms with E-state index in [9.17, 15) is 0 Å². The number of ether oxygens (including phenoxy) is 1. The summed E-state index contributed by atoms with van der Waals surface area (Å²) in [6, 6.07) is 31.2. The van der Waals surface area contributed by atoms with Gasteiger partial charge < -0.3 is 4.74 Å². The second-order valence-electron chi connectivity index (χ2n) is 7.60. The molecular weight excluding hydrogens is 398 g/mol. The number of aryl methyl sites for hydroxylation is 2. The molecule has 0 N–H and O–H groups in total. The lowest BCUT2D eigenvalue weighted by Crippen LogP contribution is -2.04. The minimum atomic E-state index is 0.581. The highest BCUT2D eigenvalue weighted by atomic mass is 32.2. The van der Waals surface area contributed by atoms with Crippen LogP contribution in [0.4, 0.5) is 5.69 Å². The predicted molar refractivity (Wildman–Crippen MR) is 132 cm³/mol. The second kappa shape index (κ2) is 9.23. The molecule has 152 valence electrons. The van der Waals surface area contributed by atoms with Crippen LogP contribution in [0.1, 0.15) is 17.5 Å². The van der Waals surface area contributed by atoms with E-state index in [0.29, 0.717) is 5.90 Å². The number of thioether (sulfide) groups is 1. The van der Waals surface area contributed by atoms with Crippen molar-refractivity contribution in [3.05, 3.63) is 114 Å². The van der Waals surface area contributed by atoms with Crippen LogP contribution >= 0.6 is 11.8 Å². The average molecular weight is 422 g/mol. The molecule has 0 fully saturated rings. The monoisotopic (exact) mass is 421 g/mol. The molecule has 0 amide bonds. The molecule has 0 radical (unpaired) electrons. The Kier molecular flexibility index (Phi) is 5.85. The molecule has 0 unspecified atom stereocenters. The van der Waals surface area contributed by atoms with Crippen molar-refractivity contribution in [1.82, 2.24) is 0 Å². The van der Waals surface area contributed by atoms with Gasteiger partial charge in [-0.3, -0.25) is 0 Å². The highest BCUT2D eigenvalue weighted by Gasteiger charge is 2.11. The van der Waals surface area contributed by atoms with Crippen molar-refractivity contribution in [3.8, 4) is 5.75 Å². The molecule has 5 rings (SSSR count). The van der Waals surface area contributed by atoms with Crippen LogP contribution in [0.3, 0.4) is 0 Å². The zero-order valence-electron chi connectivity index (χ0n) is 17.2. The highest BCUT2D eigenvalue weighted by Crippen LogP contribution is 2.27. The molecule has 0 bridgehead atoms. The second-order valence-corrected chi connectivity index (χ2v) is 8.58. The van der Waals surface area contributed by atoms with Crippen molar-refractivity contribution < 1.29 is 4.74 Å². The first-order valence-corrected chi connectivity index (χ1v) is 11.5. The third-order valence-electron chi connectivity index (χ3n) is 5.42. The number of para-hydroxylation sites is 1. The molecule has 0 heterocycles. The number of aliphatic imine (C=N–C) groups is 1. The highest BCUT2D eigenvalue weighted by molar-refractivity contribution is 8.02. The van der Waals surface area contributed by atoms with Gasteiger partial charge in [-0.15, -0.1) is 0 Å². The summed E-state index contributed by atoms with van der Waals surface area (Å²) in [5.41, 5.74) is 3.80. The lowest BCUT2D eigenvalue weighted by molar-refractivity contribution is 0.556. The Labute approximate surface area is 187 Å². The Balaban J connectivity index is 1.39. The first kappa shape index (κ1) is 19.7. The molecule has 1 aliphatic rings. The molecule has 1 aliphatic carbocycles. The van der Waals surface area contributed by atoms with Gasteiger partial charge in [0, 0.05) is 11.0 Å². The van der Waals surface area contributed by atoms with Crippen LogP contribution < -0.4 is 4.74 Å². The first-order chi connectivity index (χ1) is 15.3. The van der Waals surface area contributed by atoms with Crippen molar-refractivity contribution in [2.24, 2.45) is 4.99 Å². The maximum absolute atomic E-state index is 6.10. The molecule has 31 heavy (non-hydrogen) atoms. The normalized spacial score (nSPS) is 13.6. The summed E-state index contributed by atoms with van der Waals surface area (Å²) in [5, 5.41) is 4.54. The van der Waals surface area contributed by atoms with E-state index in [1.54, 1.807) is 11.8 Å². The van der Waals surface area contributed by atoms with Crippen LogP contribution in [0.25, 0.3) is 10.8 Å². The average Bonchev–Trinajstić information content (AvgIpc) is 3.27. The summed E-state index contributed by atoms with van der Waals surface area (Å²) < 4.78 is 6.10. The SMILES string of the molecule is C(=C\C(=Nc1ccc2c(c1)CCC2)Oc1ccccc1)/Sc1ccc2ccccc2c1. The molecule has 0 saturated heterocycles. The number of fused-ring (bicyclic) bond motifs is 2. The van der Waals surface area contributed by atoms with Gasteiger partial charge in [0.1, 0.15) is 5.75 Å². The Morgan fingerprint density at radius 3 is 2.48 bits per heavy atom. The molecule has 4 aromatic rings. The quantitative estimate of drug-likeness (QED) is 0.187. The zero-order chi connectivity index (χ0) is 20.9. The minimum Gasteiger partial charge on any atom is -0.439 e. The third-order valence-corrected chi connectivity index (χ3v) is 6.22. The number of nitrogens with zero attached hydrogens (tertiary/aromatic N) is 1. The van der Waals surface area contributed by atoms with Crippen LogP contribution in [0.2, 0.25) is 0 Å². The Morgan fingerprint density at radius 1 is 0.774 bits per heavy atom. The smallest absolute Gasteiger partial charge is 0.220 e. The zero-order valence-corrected chi connectivity index (χ0v) is 18.0. The van der Waals surface area contributed by atoms with E-state index in [1.807, 2.05) is 41.8 Å². The largest absolute Gasteiger partial charge is 0.439 e. The van der Waals surface area contributed by atoms with E-state index in [2.05, 4.69) is 60.7 Å². The summed E-state index contributed by atoms with van der Waals surface area (Å²) in [4.78, 5) is 5.99. The fourth-order valence-electron chi connectivity index (χ4n) is 3.87. The van der Waals surface area contributed by atoms with E-state index in [0.717, 1.165) is 17.9 Å². The fraction of sp³-hybridized carbons (Fsp3) is 0.107. The van der Waals surface area contributed by atoms with E-state index < -0.39 is 0 Å². The molecule has 3 heteroatoms. The number of hydrogen-bond acceptors (Lipinski definition) is 3. The first-order valence-electron chi connectivity index (χ1n) is 10.6. The van der Waals surface area contributed by atoms with Crippen LogP contribution in [0.5, 0.6) is 5.75 Å². The molecule has 0 spiro atoms. The third kappa shape index (κ3) is 4.89. The number of rotatable bonds is 5. The van der Waals surface area contributed by atoms with E-state index in [1.165, 1.54) is 39.6 Å². The van der Waals surface area contributed by atoms with Gasteiger partial charge in [-0.05, 0) is 83.0 Å².